The number of aromatic amines is 1. The predicted octanol–water partition coefficient (Wildman–Crippen LogP) is 6.07. The predicted molar refractivity (Wildman–Crippen MR) is 104 cm³/mol. The van der Waals surface area contributed by atoms with Crippen molar-refractivity contribution < 1.29 is 31.1 Å². The third-order valence-electron chi connectivity index (χ3n) is 3.73. The number of rotatable bonds is 3. The Labute approximate surface area is 185 Å². The number of carbonyl (C=O) groups is 1. The van der Waals surface area contributed by atoms with Gasteiger partial charge in [0.15, 0.2) is 0 Å². The van der Waals surface area contributed by atoms with Crippen molar-refractivity contribution >= 4 is 49.3 Å². The number of carbonyl (C=O) groups excluding carboxylic acids is 1. The molecule has 2 aromatic carbocycles. The molecule has 0 radical (unpaired) electrons. The van der Waals surface area contributed by atoms with Crippen LogP contribution in [0.3, 0.4) is 0 Å². The highest BCUT2D eigenvalue weighted by Crippen LogP contribution is 2.38. The van der Waals surface area contributed by atoms with Crippen molar-refractivity contribution in [3.05, 3.63) is 50.4 Å². The maximum atomic E-state index is 13.0. The molecule has 1 aromatic heterocycles. The molecule has 0 saturated heterocycles. The van der Waals surface area contributed by atoms with Gasteiger partial charge in [-0.25, -0.2) is 4.79 Å². The largest absolute Gasteiger partial charge is 0.416 e. The summed E-state index contributed by atoms with van der Waals surface area (Å²) in [6, 6.07) is 2.75. The van der Waals surface area contributed by atoms with Gasteiger partial charge >= 0.3 is 18.4 Å². The fourth-order valence-electron chi connectivity index (χ4n) is 2.41. The van der Waals surface area contributed by atoms with Gasteiger partial charge in [-0.2, -0.15) is 31.6 Å². The lowest BCUT2D eigenvalue weighted by atomic mass is 10.1. The molecule has 7 nitrogen and oxygen atoms in total. The van der Waals surface area contributed by atoms with Crippen LogP contribution in [0.25, 0.3) is 11.4 Å². The van der Waals surface area contributed by atoms with Crippen molar-refractivity contribution in [2.45, 2.75) is 12.4 Å². The van der Waals surface area contributed by atoms with Gasteiger partial charge in [-0.3, -0.25) is 0 Å². The van der Waals surface area contributed by atoms with Crippen LogP contribution in [0.5, 0.6) is 0 Å². The third-order valence-corrected chi connectivity index (χ3v) is 4.98. The molecule has 31 heavy (non-hydrogen) atoms. The number of urea groups is 1. The number of aromatic nitrogens is 4. The van der Waals surface area contributed by atoms with Crippen molar-refractivity contribution in [3.63, 3.8) is 0 Å². The minimum atomic E-state index is -5.04. The van der Waals surface area contributed by atoms with Gasteiger partial charge in [-0.15, -0.1) is 10.2 Å². The average Bonchev–Trinajstić information content (AvgIpc) is 3.17. The first-order valence-corrected chi connectivity index (χ1v) is 9.53. The first kappa shape index (κ1) is 23.0. The lowest BCUT2D eigenvalue weighted by Gasteiger charge is -2.16. The maximum Gasteiger partial charge on any atom is 0.416 e. The van der Waals surface area contributed by atoms with Gasteiger partial charge < -0.3 is 10.6 Å². The molecule has 0 saturated carbocycles. The molecule has 0 aliphatic rings. The van der Waals surface area contributed by atoms with E-state index in [1.807, 2.05) is 5.32 Å². The van der Waals surface area contributed by atoms with Crippen LogP contribution >= 0.6 is 31.9 Å². The van der Waals surface area contributed by atoms with Gasteiger partial charge in [0.2, 0.25) is 5.82 Å². The molecule has 15 heteroatoms. The van der Waals surface area contributed by atoms with E-state index in [4.69, 9.17) is 0 Å². The first-order valence-electron chi connectivity index (χ1n) is 7.95. The normalized spacial score (nSPS) is 12.0. The number of nitrogens with one attached hydrogen (secondary N) is 3. The molecule has 164 valence electrons. The van der Waals surface area contributed by atoms with E-state index < -0.39 is 35.2 Å². The molecule has 2 amide bonds. The quantitative estimate of drug-likeness (QED) is 0.331. The summed E-state index contributed by atoms with van der Waals surface area (Å²) >= 11 is 6.43. The Morgan fingerprint density at radius 1 is 0.871 bits per heavy atom. The summed E-state index contributed by atoms with van der Waals surface area (Å²) in [6.45, 7) is 0. The Kier molecular flexibility index (Phi) is 6.27. The Hall–Kier alpha value is -2.68. The summed E-state index contributed by atoms with van der Waals surface area (Å²) in [5.74, 6) is 0.251. The third kappa shape index (κ3) is 5.52. The fourth-order valence-corrected chi connectivity index (χ4v) is 3.79. The molecule has 3 aromatic rings. The molecule has 3 N–H and O–H groups in total. The number of alkyl halides is 6. The van der Waals surface area contributed by atoms with Crippen molar-refractivity contribution in [3.8, 4) is 11.4 Å². The lowest BCUT2D eigenvalue weighted by Crippen LogP contribution is -2.21. The van der Waals surface area contributed by atoms with Gasteiger partial charge in [0, 0.05) is 20.2 Å². The van der Waals surface area contributed by atoms with E-state index in [0.29, 0.717) is 26.6 Å². The van der Waals surface area contributed by atoms with Crippen molar-refractivity contribution in [1.82, 2.24) is 20.6 Å². The molecule has 0 aliphatic heterocycles. The number of benzene rings is 2. The summed E-state index contributed by atoms with van der Waals surface area (Å²) in [5, 5.41) is 17.6. The first-order chi connectivity index (χ1) is 14.3. The summed E-state index contributed by atoms with van der Waals surface area (Å²) in [5.41, 5.74) is -3.12. The molecule has 0 unspecified atom stereocenters. The number of anilines is 2. The highest BCUT2D eigenvalue weighted by atomic mass is 79.9. The zero-order valence-corrected chi connectivity index (χ0v) is 17.8. The minimum absolute atomic E-state index is 0.0348. The smallest absolute Gasteiger partial charge is 0.308 e. The monoisotopic (exact) mass is 572 g/mol. The number of tetrazole rings is 1. The summed E-state index contributed by atoms with van der Waals surface area (Å²) in [7, 11) is 0. The van der Waals surface area contributed by atoms with E-state index in [9.17, 15) is 31.1 Å². The molecular weight excluding hydrogens is 566 g/mol. The van der Waals surface area contributed by atoms with Crippen LogP contribution in [-0.4, -0.2) is 26.7 Å². The Morgan fingerprint density at radius 3 is 1.87 bits per heavy atom. The summed E-state index contributed by atoms with van der Waals surface area (Å²) in [6.07, 6.45) is -10.1. The van der Waals surface area contributed by atoms with E-state index in [2.05, 4.69) is 57.8 Å². The second-order valence-corrected chi connectivity index (χ2v) is 7.63. The number of H-pyrrole nitrogens is 1. The van der Waals surface area contributed by atoms with Crippen LogP contribution in [0.1, 0.15) is 11.1 Å². The van der Waals surface area contributed by atoms with Crippen LogP contribution in [0.15, 0.2) is 39.3 Å². The number of hydrogen-bond donors (Lipinski definition) is 3. The number of nitrogens with zero attached hydrogens (tertiary/aromatic N) is 3. The van der Waals surface area contributed by atoms with Crippen LogP contribution in [0.2, 0.25) is 0 Å². The zero-order valence-electron chi connectivity index (χ0n) is 14.7. The Bertz CT molecular complexity index is 1060. The zero-order chi connectivity index (χ0) is 23.0. The van der Waals surface area contributed by atoms with Crippen LogP contribution < -0.4 is 10.6 Å². The Morgan fingerprint density at radius 2 is 1.42 bits per heavy atom. The van der Waals surface area contributed by atoms with Crippen LogP contribution in [-0.2, 0) is 12.4 Å². The summed E-state index contributed by atoms with van der Waals surface area (Å²) in [4.78, 5) is 12.3. The maximum absolute atomic E-state index is 13.0. The van der Waals surface area contributed by atoms with E-state index in [1.165, 1.54) is 12.1 Å². The molecule has 0 atom stereocenters. The van der Waals surface area contributed by atoms with Crippen molar-refractivity contribution in [2.24, 2.45) is 0 Å². The second-order valence-electron chi connectivity index (χ2n) is 5.92. The number of hydrogen-bond acceptors (Lipinski definition) is 4. The highest BCUT2D eigenvalue weighted by molar-refractivity contribution is 9.11. The number of amides is 2. The average molecular weight is 574 g/mol. The van der Waals surface area contributed by atoms with Gasteiger partial charge in [0.05, 0.1) is 16.8 Å². The SMILES string of the molecule is O=C(Nc1cc(C(F)(F)F)cc(C(F)(F)F)c1)Nc1c(Br)cc(-c2nn[nH]n2)cc1Br. The molecule has 0 aliphatic carbocycles. The van der Waals surface area contributed by atoms with Crippen LogP contribution in [0.4, 0.5) is 42.5 Å². The molecule has 1 heterocycles. The van der Waals surface area contributed by atoms with Gasteiger partial charge in [-0.1, -0.05) is 0 Å². The molecule has 3 rings (SSSR count). The Balaban J connectivity index is 1.86. The van der Waals surface area contributed by atoms with E-state index in [0.717, 1.165) is 0 Å². The standard InChI is InChI=1S/C16H8Br2F6N6O/c17-10-1-6(13-27-29-30-28-13)2-11(18)12(10)26-14(31)25-9-4-7(15(19,20)21)3-8(5-9)16(22,23)24/h1-5H,(H2,25,26,31)(H,27,28,29,30). The van der Waals surface area contributed by atoms with Crippen molar-refractivity contribution in [1.29, 1.82) is 0 Å². The van der Waals surface area contributed by atoms with Gasteiger partial charge in [0.25, 0.3) is 0 Å². The number of halogens is 8. The molecule has 0 fully saturated rings. The van der Waals surface area contributed by atoms with Crippen molar-refractivity contribution in [2.75, 3.05) is 10.6 Å². The molecular formula is C16H8Br2F6N6O. The van der Waals surface area contributed by atoms with Gasteiger partial charge in [-0.05, 0) is 67.4 Å². The molecule has 0 bridgehead atoms. The minimum Gasteiger partial charge on any atom is -0.308 e. The molecule has 0 spiro atoms. The summed E-state index contributed by atoms with van der Waals surface area (Å²) < 4.78 is 78.4. The second kappa shape index (κ2) is 8.45. The van der Waals surface area contributed by atoms with Gasteiger partial charge in [0.1, 0.15) is 0 Å². The lowest BCUT2D eigenvalue weighted by molar-refractivity contribution is -0.143. The van der Waals surface area contributed by atoms with Crippen LogP contribution in [0, 0.1) is 0 Å². The topological polar surface area (TPSA) is 95.6 Å². The van der Waals surface area contributed by atoms with E-state index in [-0.39, 0.29) is 17.6 Å². The van der Waals surface area contributed by atoms with E-state index in [1.54, 1.807) is 0 Å². The fraction of sp³-hybridized carbons (Fsp3) is 0.125. The highest BCUT2D eigenvalue weighted by Gasteiger charge is 2.37. The van der Waals surface area contributed by atoms with E-state index >= 15 is 0 Å².